The van der Waals surface area contributed by atoms with Crippen molar-refractivity contribution in [1.82, 2.24) is 0 Å². The van der Waals surface area contributed by atoms with E-state index in [1.807, 2.05) is 24.3 Å². The summed E-state index contributed by atoms with van der Waals surface area (Å²) < 4.78 is 0. The summed E-state index contributed by atoms with van der Waals surface area (Å²) in [6.07, 6.45) is 0. The summed E-state index contributed by atoms with van der Waals surface area (Å²) in [6.45, 7) is 0. The Labute approximate surface area is 178 Å². The smallest absolute Gasteiger partial charge is 0.252 e. The molecule has 4 nitrogen and oxygen atoms in total. The lowest BCUT2D eigenvalue weighted by Crippen LogP contribution is -2.41. The summed E-state index contributed by atoms with van der Waals surface area (Å²) >= 11 is 5.54. The minimum absolute atomic E-state index is 0.127. The Morgan fingerprint density at radius 2 is 1.07 bits per heavy atom. The minimum Gasteiger partial charge on any atom is -0.276 e. The molecule has 1 heterocycles. The first-order valence-electron chi connectivity index (χ1n) is 9.93. The second-order valence-electron chi connectivity index (χ2n) is 8.10. The molecule has 2 atom stereocenters. The molecule has 1 fully saturated rings. The van der Waals surface area contributed by atoms with Gasteiger partial charge in [-0.05, 0) is 58.1 Å². The van der Waals surface area contributed by atoms with E-state index in [0.29, 0.717) is 11.3 Å². The van der Waals surface area contributed by atoms with Crippen LogP contribution in [0.4, 0.5) is 5.69 Å². The summed E-state index contributed by atoms with van der Waals surface area (Å²) in [7, 11) is 0. The van der Waals surface area contributed by atoms with Crippen molar-refractivity contribution in [1.29, 1.82) is 0 Å². The van der Waals surface area contributed by atoms with Crippen molar-refractivity contribution < 1.29 is 14.4 Å². The zero-order valence-electron chi connectivity index (χ0n) is 15.8. The maximum absolute atomic E-state index is 13.6. The maximum atomic E-state index is 13.6. The van der Waals surface area contributed by atoms with Crippen LogP contribution in [-0.4, -0.2) is 17.1 Å². The number of carbonyl (C=O) groups is 3. The molecule has 3 aliphatic carbocycles. The molecule has 1 saturated heterocycles. The van der Waals surface area contributed by atoms with Crippen molar-refractivity contribution in [2.75, 3.05) is 4.90 Å². The summed E-state index contributed by atoms with van der Waals surface area (Å²) in [5, 5.41) is -0.571. The predicted octanol–water partition coefficient (Wildman–Crippen LogP) is 4.46. The minimum atomic E-state index is -0.571. The Kier molecular flexibility index (Phi) is 3.60. The Hall–Kier alpha value is -3.24. The average molecular weight is 414 g/mol. The highest BCUT2D eigenvalue weighted by molar-refractivity contribution is 6.67. The van der Waals surface area contributed by atoms with Gasteiger partial charge >= 0.3 is 0 Å². The first-order chi connectivity index (χ1) is 14.6. The first-order valence-corrected chi connectivity index (χ1v) is 10.3. The van der Waals surface area contributed by atoms with E-state index in [9.17, 15) is 14.4 Å². The number of rotatable bonds is 2. The number of halogens is 1. The van der Waals surface area contributed by atoms with Crippen molar-refractivity contribution in [3.8, 4) is 0 Å². The molecule has 0 radical (unpaired) electrons. The van der Waals surface area contributed by atoms with Crippen molar-refractivity contribution in [2.24, 2.45) is 11.8 Å². The molecule has 30 heavy (non-hydrogen) atoms. The van der Waals surface area contributed by atoms with Gasteiger partial charge in [0, 0.05) is 17.4 Å². The lowest BCUT2D eigenvalue weighted by atomic mass is 9.55. The monoisotopic (exact) mass is 413 g/mol. The first kappa shape index (κ1) is 17.6. The van der Waals surface area contributed by atoms with Crippen molar-refractivity contribution in [2.45, 2.75) is 11.8 Å². The molecule has 5 heteroatoms. The molecule has 7 rings (SSSR count). The van der Waals surface area contributed by atoms with Crippen LogP contribution in [0.2, 0.25) is 0 Å². The van der Waals surface area contributed by atoms with Gasteiger partial charge in [0.1, 0.15) is 0 Å². The fourth-order valence-electron chi connectivity index (χ4n) is 5.67. The average Bonchev–Trinajstić information content (AvgIpc) is 3.04. The van der Waals surface area contributed by atoms with Crippen LogP contribution in [-0.2, 0) is 9.59 Å². The molecule has 0 saturated carbocycles. The van der Waals surface area contributed by atoms with E-state index < -0.39 is 17.1 Å². The third-order valence-electron chi connectivity index (χ3n) is 6.80. The standard InChI is InChI=1S/C25H16ClNO3/c26-23(28)13-9-11-14(12-10-13)27-24(29)21-19-15-5-1-2-6-16(15)20(22(21)25(27)30)18-8-4-3-7-17(18)19/h1-12,19-22H/t19?,20?,21-,22+. The van der Waals surface area contributed by atoms with Crippen molar-refractivity contribution >= 4 is 34.3 Å². The number of nitrogens with zero attached hydrogens (tertiary/aromatic N) is 1. The number of carbonyl (C=O) groups excluding carboxylic acids is 3. The summed E-state index contributed by atoms with van der Waals surface area (Å²) in [5.74, 6) is -1.43. The van der Waals surface area contributed by atoms with Gasteiger partial charge in [-0.25, -0.2) is 4.90 Å². The number of amides is 2. The topological polar surface area (TPSA) is 54.5 Å². The van der Waals surface area contributed by atoms with Crippen LogP contribution in [0.25, 0.3) is 0 Å². The Morgan fingerprint density at radius 1 is 0.667 bits per heavy atom. The van der Waals surface area contributed by atoms with Gasteiger partial charge in [-0.15, -0.1) is 0 Å². The van der Waals surface area contributed by atoms with Gasteiger partial charge < -0.3 is 0 Å². The third-order valence-corrected chi connectivity index (χ3v) is 7.02. The summed E-state index contributed by atoms with van der Waals surface area (Å²) in [6, 6.07) is 22.7. The molecule has 146 valence electrons. The molecule has 0 aromatic heterocycles. The van der Waals surface area contributed by atoms with Gasteiger partial charge in [0.2, 0.25) is 11.8 Å². The highest BCUT2D eigenvalue weighted by Gasteiger charge is 2.61. The number of benzene rings is 3. The van der Waals surface area contributed by atoms with E-state index in [0.717, 1.165) is 22.3 Å². The van der Waals surface area contributed by atoms with E-state index in [1.54, 1.807) is 24.3 Å². The quantitative estimate of drug-likeness (QED) is 0.460. The Morgan fingerprint density at radius 3 is 1.43 bits per heavy atom. The molecule has 3 aromatic rings. The van der Waals surface area contributed by atoms with Gasteiger partial charge in [0.15, 0.2) is 0 Å². The molecule has 0 unspecified atom stereocenters. The second kappa shape index (κ2) is 6.13. The molecule has 2 bridgehead atoms. The Balaban J connectivity index is 1.51. The third kappa shape index (κ3) is 2.14. The van der Waals surface area contributed by atoms with Gasteiger partial charge in [0.25, 0.3) is 5.24 Å². The summed E-state index contributed by atoms with van der Waals surface area (Å²) in [4.78, 5) is 39.9. The van der Waals surface area contributed by atoms with Gasteiger partial charge in [-0.2, -0.15) is 0 Å². The number of anilines is 1. The molecular weight excluding hydrogens is 398 g/mol. The second-order valence-corrected chi connectivity index (χ2v) is 8.44. The number of hydrogen-bond acceptors (Lipinski definition) is 3. The number of imide groups is 1. The van der Waals surface area contributed by atoms with E-state index in [2.05, 4.69) is 24.3 Å². The fraction of sp³-hybridized carbons (Fsp3) is 0.160. The molecule has 1 aliphatic heterocycles. The normalized spacial score (nSPS) is 25.7. The molecule has 4 aliphatic rings. The zero-order chi connectivity index (χ0) is 20.6. The fourth-order valence-corrected chi connectivity index (χ4v) is 5.80. The molecule has 0 N–H and O–H groups in total. The van der Waals surface area contributed by atoms with Crippen LogP contribution in [0, 0.1) is 11.8 Å². The van der Waals surface area contributed by atoms with Gasteiger partial charge in [-0.1, -0.05) is 48.5 Å². The molecule has 0 spiro atoms. The van der Waals surface area contributed by atoms with Crippen molar-refractivity contribution in [3.05, 3.63) is 101 Å². The van der Waals surface area contributed by atoms with E-state index >= 15 is 0 Å². The number of hydrogen-bond donors (Lipinski definition) is 0. The lowest BCUT2D eigenvalue weighted by molar-refractivity contribution is -0.122. The van der Waals surface area contributed by atoms with Crippen LogP contribution in [0.3, 0.4) is 0 Å². The van der Waals surface area contributed by atoms with Gasteiger partial charge in [0.05, 0.1) is 17.5 Å². The predicted molar refractivity (Wildman–Crippen MR) is 113 cm³/mol. The van der Waals surface area contributed by atoms with E-state index in [4.69, 9.17) is 11.6 Å². The largest absolute Gasteiger partial charge is 0.276 e. The van der Waals surface area contributed by atoms with E-state index in [1.165, 1.54) is 4.90 Å². The zero-order valence-corrected chi connectivity index (χ0v) is 16.5. The van der Waals surface area contributed by atoms with Crippen LogP contribution >= 0.6 is 11.6 Å². The Bertz CT molecular complexity index is 1130. The van der Waals surface area contributed by atoms with Crippen LogP contribution in [0.15, 0.2) is 72.8 Å². The summed E-state index contributed by atoms with van der Waals surface area (Å²) in [5.41, 5.74) is 5.40. The van der Waals surface area contributed by atoms with Crippen LogP contribution in [0.1, 0.15) is 44.4 Å². The highest BCUT2D eigenvalue weighted by atomic mass is 35.5. The van der Waals surface area contributed by atoms with Gasteiger partial charge in [-0.3, -0.25) is 14.4 Å². The van der Waals surface area contributed by atoms with Crippen LogP contribution < -0.4 is 4.90 Å². The maximum Gasteiger partial charge on any atom is 0.252 e. The van der Waals surface area contributed by atoms with Crippen molar-refractivity contribution in [3.63, 3.8) is 0 Å². The highest BCUT2D eigenvalue weighted by Crippen LogP contribution is 2.61. The molecule has 2 amide bonds. The van der Waals surface area contributed by atoms with E-state index in [-0.39, 0.29) is 23.7 Å². The SMILES string of the molecule is O=C(Cl)c1ccc(N2C(=O)[C@@H]3C4c5ccccc5C(c5ccccc54)[C@@H]3C2=O)cc1. The van der Waals surface area contributed by atoms with Crippen LogP contribution in [0.5, 0.6) is 0 Å². The lowest BCUT2D eigenvalue weighted by Gasteiger charge is -2.45. The molecular formula is C25H16ClNO3. The molecule has 3 aromatic carbocycles.